The van der Waals surface area contributed by atoms with E-state index in [9.17, 15) is 13.2 Å². The first-order valence-corrected chi connectivity index (χ1v) is 13.9. The summed E-state index contributed by atoms with van der Waals surface area (Å²) in [5.41, 5.74) is 0.930. The van der Waals surface area contributed by atoms with Crippen LogP contribution in [0.1, 0.15) is 50.5 Å². The van der Waals surface area contributed by atoms with E-state index < -0.39 is 10.0 Å². The summed E-state index contributed by atoms with van der Waals surface area (Å²) < 4.78 is 33.5. The molecule has 186 valence electrons. The predicted octanol–water partition coefficient (Wildman–Crippen LogP) is 1.96. The van der Waals surface area contributed by atoms with E-state index in [1.165, 1.54) is 0 Å². The number of hydrogen-bond donors (Lipinski definition) is 2. The van der Waals surface area contributed by atoms with Gasteiger partial charge in [-0.3, -0.25) is 9.88 Å². The lowest BCUT2D eigenvalue weighted by atomic mass is 10.2. The summed E-state index contributed by atoms with van der Waals surface area (Å²) in [6.45, 7) is 5.77. The van der Waals surface area contributed by atoms with E-state index in [2.05, 4.69) is 20.5 Å². The maximum Gasteiger partial charge on any atom is 0.315 e. The Morgan fingerprint density at radius 1 is 1.15 bits per heavy atom. The number of carbonyl (C=O) groups excluding carboxylic acids is 1. The lowest BCUT2D eigenvalue weighted by Gasteiger charge is -2.30. The zero-order chi connectivity index (χ0) is 23.4. The van der Waals surface area contributed by atoms with E-state index in [1.54, 1.807) is 16.7 Å². The van der Waals surface area contributed by atoms with E-state index in [0.29, 0.717) is 32.5 Å². The van der Waals surface area contributed by atoms with Gasteiger partial charge in [0.15, 0.2) is 0 Å². The predicted molar refractivity (Wildman–Crippen MR) is 128 cm³/mol. The number of aromatic nitrogens is 1. The number of urea groups is 1. The third kappa shape index (κ3) is 9.19. The molecule has 3 rings (SSSR count). The van der Waals surface area contributed by atoms with Gasteiger partial charge in [-0.05, 0) is 50.3 Å². The second-order valence-electron chi connectivity index (χ2n) is 8.85. The van der Waals surface area contributed by atoms with E-state index >= 15 is 0 Å². The summed E-state index contributed by atoms with van der Waals surface area (Å²) >= 11 is 0. The van der Waals surface area contributed by atoms with Crippen LogP contribution < -0.4 is 10.6 Å². The molecule has 0 unspecified atom stereocenters. The van der Waals surface area contributed by atoms with Crippen molar-refractivity contribution in [3.63, 3.8) is 0 Å². The molecule has 0 spiro atoms. The molecule has 2 N–H and O–H groups in total. The number of pyridine rings is 1. The van der Waals surface area contributed by atoms with Crippen LogP contribution in [0.15, 0.2) is 24.5 Å². The highest BCUT2D eigenvalue weighted by molar-refractivity contribution is 7.89. The van der Waals surface area contributed by atoms with Crippen molar-refractivity contribution in [2.45, 2.75) is 57.5 Å². The minimum Gasteiger partial charge on any atom is -0.379 e. The highest BCUT2D eigenvalue weighted by Gasteiger charge is 2.31. The molecule has 1 aromatic rings. The highest BCUT2D eigenvalue weighted by Crippen LogP contribution is 2.26. The molecule has 0 radical (unpaired) electrons. The summed E-state index contributed by atoms with van der Waals surface area (Å²) in [6, 6.07) is 3.62. The van der Waals surface area contributed by atoms with Crippen molar-refractivity contribution in [1.29, 1.82) is 0 Å². The van der Waals surface area contributed by atoms with Crippen LogP contribution in [0.4, 0.5) is 4.79 Å². The second-order valence-corrected chi connectivity index (χ2v) is 10.9. The van der Waals surface area contributed by atoms with Gasteiger partial charge in [0.05, 0.1) is 19.0 Å². The topological polar surface area (TPSA) is 104 Å². The van der Waals surface area contributed by atoms with Crippen molar-refractivity contribution in [2.24, 2.45) is 0 Å². The molecule has 0 aromatic carbocycles. The molecule has 2 aliphatic rings. The lowest BCUT2D eigenvalue weighted by molar-refractivity contribution is 0.0366. The SMILES string of the molecule is O=C(NCCCCS(=O)(=O)N(CCCN1CCOCC1)C1CCCC1)NCc1cccnc1. The van der Waals surface area contributed by atoms with Gasteiger partial charge in [-0.1, -0.05) is 18.9 Å². The molecule has 33 heavy (non-hydrogen) atoms. The maximum absolute atomic E-state index is 13.1. The van der Waals surface area contributed by atoms with Crippen molar-refractivity contribution in [1.82, 2.24) is 24.8 Å². The number of hydrogen-bond acceptors (Lipinski definition) is 6. The Balaban J connectivity index is 1.36. The molecule has 0 bridgehead atoms. The van der Waals surface area contributed by atoms with Gasteiger partial charge in [0.2, 0.25) is 10.0 Å². The molecule has 0 atom stereocenters. The Morgan fingerprint density at radius 2 is 1.94 bits per heavy atom. The molecule has 2 heterocycles. The number of rotatable bonds is 13. The van der Waals surface area contributed by atoms with Crippen molar-refractivity contribution in [3.8, 4) is 0 Å². The number of sulfonamides is 1. The summed E-state index contributed by atoms with van der Waals surface area (Å²) in [5, 5.41) is 5.58. The van der Waals surface area contributed by atoms with Gasteiger partial charge < -0.3 is 15.4 Å². The first-order valence-electron chi connectivity index (χ1n) is 12.2. The van der Waals surface area contributed by atoms with Crippen LogP contribution in [0.25, 0.3) is 0 Å². The summed E-state index contributed by atoms with van der Waals surface area (Å²) in [4.78, 5) is 18.3. The average molecular weight is 482 g/mol. The second kappa shape index (κ2) is 13.8. The fraction of sp³-hybridized carbons (Fsp3) is 0.739. The van der Waals surface area contributed by atoms with E-state index in [4.69, 9.17) is 4.74 Å². The van der Waals surface area contributed by atoms with Crippen LogP contribution >= 0.6 is 0 Å². The first kappa shape index (κ1) is 25.9. The first-order chi connectivity index (χ1) is 16.0. The fourth-order valence-electron chi connectivity index (χ4n) is 4.49. The van der Waals surface area contributed by atoms with Crippen molar-refractivity contribution in [3.05, 3.63) is 30.1 Å². The van der Waals surface area contributed by atoms with E-state index in [-0.39, 0.29) is 17.8 Å². The summed E-state index contributed by atoms with van der Waals surface area (Å²) in [5.74, 6) is 0.139. The van der Waals surface area contributed by atoms with Gasteiger partial charge in [0.1, 0.15) is 0 Å². The van der Waals surface area contributed by atoms with Gasteiger partial charge >= 0.3 is 6.03 Å². The number of ether oxygens (including phenoxy) is 1. The monoisotopic (exact) mass is 481 g/mol. The smallest absolute Gasteiger partial charge is 0.315 e. The van der Waals surface area contributed by atoms with Gasteiger partial charge in [0, 0.05) is 51.2 Å². The molecular formula is C23H39N5O4S. The van der Waals surface area contributed by atoms with E-state index in [1.807, 2.05) is 12.1 Å². The number of nitrogens with one attached hydrogen (secondary N) is 2. The van der Waals surface area contributed by atoms with Gasteiger partial charge in [-0.2, -0.15) is 4.31 Å². The number of amides is 2. The highest BCUT2D eigenvalue weighted by atomic mass is 32.2. The van der Waals surface area contributed by atoms with Crippen molar-refractivity contribution in [2.75, 3.05) is 51.7 Å². The van der Waals surface area contributed by atoms with Crippen LogP contribution in [-0.4, -0.2) is 86.4 Å². The molecule has 10 heteroatoms. The average Bonchev–Trinajstić information content (AvgIpc) is 3.36. The fourth-order valence-corrected chi connectivity index (χ4v) is 6.37. The van der Waals surface area contributed by atoms with Crippen LogP contribution in [0.3, 0.4) is 0 Å². The quantitative estimate of drug-likeness (QED) is 0.418. The number of morpholine rings is 1. The van der Waals surface area contributed by atoms with Crippen LogP contribution in [0.2, 0.25) is 0 Å². The molecule has 1 aliphatic carbocycles. The van der Waals surface area contributed by atoms with Crippen LogP contribution in [0, 0.1) is 0 Å². The Hall–Kier alpha value is -1.75. The minimum atomic E-state index is -3.30. The van der Waals surface area contributed by atoms with E-state index in [0.717, 1.165) is 70.5 Å². The van der Waals surface area contributed by atoms with Crippen molar-refractivity contribution < 1.29 is 17.9 Å². The Morgan fingerprint density at radius 3 is 2.67 bits per heavy atom. The molecule has 2 amide bonds. The summed E-state index contributed by atoms with van der Waals surface area (Å²) in [6.07, 6.45) is 9.58. The molecule has 1 saturated carbocycles. The van der Waals surface area contributed by atoms with Crippen LogP contribution in [0.5, 0.6) is 0 Å². The molecule has 2 fully saturated rings. The molecular weight excluding hydrogens is 442 g/mol. The Kier molecular flexibility index (Phi) is 10.8. The van der Waals surface area contributed by atoms with Crippen LogP contribution in [-0.2, 0) is 21.3 Å². The minimum absolute atomic E-state index is 0.139. The molecule has 1 aromatic heterocycles. The third-order valence-corrected chi connectivity index (χ3v) is 8.34. The normalized spacial score (nSPS) is 18.0. The Bertz CT molecular complexity index is 796. The third-order valence-electron chi connectivity index (χ3n) is 6.34. The zero-order valence-electron chi connectivity index (χ0n) is 19.6. The van der Waals surface area contributed by atoms with Gasteiger partial charge in [-0.15, -0.1) is 0 Å². The molecule has 9 nitrogen and oxygen atoms in total. The molecule has 1 saturated heterocycles. The Labute approximate surface area is 198 Å². The van der Waals surface area contributed by atoms with Gasteiger partial charge in [-0.25, -0.2) is 13.2 Å². The lowest BCUT2D eigenvalue weighted by Crippen LogP contribution is -2.43. The summed E-state index contributed by atoms with van der Waals surface area (Å²) in [7, 11) is -3.30. The largest absolute Gasteiger partial charge is 0.379 e. The van der Waals surface area contributed by atoms with Gasteiger partial charge in [0.25, 0.3) is 0 Å². The number of nitrogens with zero attached hydrogens (tertiary/aromatic N) is 3. The number of unbranched alkanes of at least 4 members (excludes halogenated alkanes) is 1. The zero-order valence-corrected chi connectivity index (χ0v) is 20.4. The maximum atomic E-state index is 13.1. The molecule has 1 aliphatic heterocycles. The van der Waals surface area contributed by atoms with Crippen molar-refractivity contribution >= 4 is 16.1 Å². The standard InChI is InChI=1S/C23H39N5O4S/c29-23(26-20-21-7-5-10-24-19-21)25-11-3-4-18-33(30,31)28(22-8-1-2-9-22)13-6-12-27-14-16-32-17-15-27/h5,7,10,19,22H,1-4,6,8-9,11-18,20H2,(H2,25,26,29). The number of carbonyl (C=O) groups is 1.